The number of ether oxygens (including phenoxy) is 2. The number of likely N-dealkylation sites (tertiary alicyclic amines) is 1. The lowest BCUT2D eigenvalue weighted by Gasteiger charge is -2.61. The lowest BCUT2D eigenvalue weighted by atomic mass is 9.44. The molecule has 1 spiro atoms. The summed E-state index contributed by atoms with van der Waals surface area (Å²) in [5, 5.41) is 3.35. The molecule has 8 rings (SSSR count). The van der Waals surface area contributed by atoms with Crippen LogP contribution in [0.15, 0.2) is 0 Å². The lowest BCUT2D eigenvalue weighted by Crippen LogP contribution is -2.56. The van der Waals surface area contributed by atoms with E-state index >= 15 is 0 Å². The quantitative estimate of drug-likeness (QED) is 0.397. The number of nitrogens with zero attached hydrogens (tertiary/aromatic N) is 3. The second-order valence-electron chi connectivity index (χ2n) is 18.8. The highest BCUT2D eigenvalue weighted by atomic mass is 16.7. The van der Waals surface area contributed by atoms with E-state index in [9.17, 15) is 9.59 Å². The molecule has 1 unspecified atom stereocenters. The van der Waals surface area contributed by atoms with Gasteiger partial charge in [0.15, 0.2) is 5.79 Å². The maximum Gasteiger partial charge on any atom is 0.232 e. The van der Waals surface area contributed by atoms with Crippen LogP contribution in [0.1, 0.15) is 111 Å². The molecule has 8 aliphatic rings. The van der Waals surface area contributed by atoms with Crippen LogP contribution >= 0.6 is 0 Å². The van der Waals surface area contributed by atoms with Gasteiger partial charge in [-0.3, -0.25) is 14.5 Å². The number of piperidine rings is 1. The Bertz CT molecular complexity index is 1210. The first-order chi connectivity index (χ1) is 23.0. The van der Waals surface area contributed by atoms with E-state index in [1.807, 2.05) is 4.90 Å². The number of carbonyl (C=O) groups is 2. The predicted octanol–water partition coefficient (Wildman–Crippen LogP) is 5.55. The molecule has 48 heavy (non-hydrogen) atoms. The van der Waals surface area contributed by atoms with Crippen molar-refractivity contribution in [2.75, 3.05) is 52.9 Å². The molecule has 4 saturated carbocycles. The van der Waals surface area contributed by atoms with Gasteiger partial charge in [0.2, 0.25) is 11.8 Å². The maximum absolute atomic E-state index is 13.2. The van der Waals surface area contributed by atoms with Crippen molar-refractivity contribution in [1.29, 1.82) is 0 Å². The molecule has 270 valence electrons. The zero-order valence-corrected chi connectivity index (χ0v) is 30.9. The molecule has 0 aromatic rings. The van der Waals surface area contributed by atoms with E-state index in [1.54, 1.807) is 0 Å². The molecule has 0 bridgehead atoms. The van der Waals surface area contributed by atoms with Crippen LogP contribution in [0.4, 0.5) is 0 Å². The summed E-state index contributed by atoms with van der Waals surface area (Å²) in [6.45, 7) is 16.6. The third-order valence-electron chi connectivity index (χ3n) is 16.5. The zero-order valence-electron chi connectivity index (χ0n) is 30.9. The topological polar surface area (TPSA) is 74.3 Å². The van der Waals surface area contributed by atoms with Gasteiger partial charge in [-0.05, 0) is 137 Å². The van der Waals surface area contributed by atoms with Gasteiger partial charge in [0.05, 0.1) is 12.7 Å². The van der Waals surface area contributed by atoms with Gasteiger partial charge < -0.3 is 24.6 Å². The molecule has 2 amide bonds. The molecule has 4 aliphatic carbocycles. The van der Waals surface area contributed by atoms with Gasteiger partial charge in [0, 0.05) is 50.6 Å². The fourth-order valence-corrected chi connectivity index (χ4v) is 13.6. The summed E-state index contributed by atoms with van der Waals surface area (Å²) in [6, 6.07) is 0.861. The Hall–Kier alpha value is -1.22. The van der Waals surface area contributed by atoms with Crippen LogP contribution in [-0.4, -0.2) is 103 Å². The molecule has 12 atom stereocenters. The third kappa shape index (κ3) is 5.69. The molecule has 4 aliphatic heterocycles. The summed E-state index contributed by atoms with van der Waals surface area (Å²) in [5.74, 6) is 4.40. The van der Waals surface area contributed by atoms with Crippen LogP contribution in [-0.2, 0) is 19.1 Å². The van der Waals surface area contributed by atoms with Crippen molar-refractivity contribution < 1.29 is 19.1 Å². The highest BCUT2D eigenvalue weighted by Gasteiger charge is 2.69. The second-order valence-corrected chi connectivity index (χ2v) is 18.8. The molecule has 4 saturated heterocycles. The molecule has 4 heterocycles. The molecule has 8 heteroatoms. The van der Waals surface area contributed by atoms with Crippen LogP contribution in [0.3, 0.4) is 0 Å². The van der Waals surface area contributed by atoms with E-state index in [2.05, 4.69) is 49.9 Å². The molecule has 8 fully saturated rings. The number of amides is 2. The van der Waals surface area contributed by atoms with Gasteiger partial charge in [-0.2, -0.15) is 0 Å². The van der Waals surface area contributed by atoms with E-state index in [-0.39, 0.29) is 30.1 Å². The van der Waals surface area contributed by atoms with Gasteiger partial charge in [0.25, 0.3) is 0 Å². The smallest absolute Gasteiger partial charge is 0.232 e. The van der Waals surface area contributed by atoms with Gasteiger partial charge in [-0.15, -0.1) is 0 Å². The Labute approximate surface area is 290 Å². The highest BCUT2D eigenvalue weighted by Crippen LogP contribution is 2.71. The molecular formula is C40H66N4O4. The van der Waals surface area contributed by atoms with Crippen LogP contribution < -0.4 is 5.32 Å². The Morgan fingerprint density at radius 3 is 2.29 bits per heavy atom. The largest absolute Gasteiger partial charge is 0.353 e. The first-order valence-corrected chi connectivity index (χ1v) is 20.3. The van der Waals surface area contributed by atoms with Crippen molar-refractivity contribution in [3.63, 3.8) is 0 Å². The minimum atomic E-state index is -0.328. The van der Waals surface area contributed by atoms with E-state index in [4.69, 9.17) is 9.47 Å². The Morgan fingerprint density at radius 1 is 0.812 bits per heavy atom. The Balaban J connectivity index is 0.831. The lowest BCUT2D eigenvalue weighted by molar-refractivity contribution is -0.273. The van der Waals surface area contributed by atoms with Crippen molar-refractivity contribution >= 4 is 11.8 Å². The number of hydrogen-bond acceptors (Lipinski definition) is 6. The minimum absolute atomic E-state index is 0.00575. The van der Waals surface area contributed by atoms with Crippen LogP contribution in [0.2, 0.25) is 0 Å². The van der Waals surface area contributed by atoms with E-state index < -0.39 is 0 Å². The van der Waals surface area contributed by atoms with Gasteiger partial charge >= 0.3 is 0 Å². The van der Waals surface area contributed by atoms with Crippen molar-refractivity contribution in [3.8, 4) is 0 Å². The highest BCUT2D eigenvalue weighted by molar-refractivity contribution is 5.97. The van der Waals surface area contributed by atoms with Crippen LogP contribution in [0.5, 0.6) is 0 Å². The third-order valence-corrected chi connectivity index (χ3v) is 16.5. The first-order valence-electron chi connectivity index (χ1n) is 20.3. The minimum Gasteiger partial charge on any atom is -0.353 e. The van der Waals surface area contributed by atoms with Gasteiger partial charge in [-0.1, -0.05) is 27.7 Å². The summed E-state index contributed by atoms with van der Waals surface area (Å²) in [7, 11) is 2.20. The van der Waals surface area contributed by atoms with Gasteiger partial charge in [-0.25, -0.2) is 0 Å². The van der Waals surface area contributed by atoms with Crippen LogP contribution in [0, 0.1) is 52.3 Å². The summed E-state index contributed by atoms with van der Waals surface area (Å²) < 4.78 is 13.5. The zero-order chi connectivity index (χ0) is 33.4. The standard InChI is InChI=1S/C40H66N4O4/c1-26-8-15-40(47-25-26)27(2)37-34(48-40)23-33-31-7-6-28-22-29(9-13-38(28,3)32(31)10-14-39(33,37)4)41-35(45)24-36(46)44-20-18-43(19-21-44)30-11-16-42(5)17-12-30/h26-34,37H,6-25H2,1-5H3,(H,41,45)/t26-,27-,28+,29+,31+,32?,33-,34-,37-,38-,39-,40+/m0/s1. The predicted molar refractivity (Wildman–Crippen MR) is 187 cm³/mol. The molecule has 0 aromatic carbocycles. The number of rotatable bonds is 4. The molecule has 8 nitrogen and oxygen atoms in total. The maximum atomic E-state index is 13.2. The fraction of sp³-hybridized carbons (Fsp3) is 0.950. The summed E-state index contributed by atoms with van der Waals surface area (Å²) >= 11 is 0. The number of fused-ring (bicyclic) bond motifs is 7. The summed E-state index contributed by atoms with van der Waals surface area (Å²) in [6.07, 6.45) is 15.0. The monoisotopic (exact) mass is 667 g/mol. The number of nitrogens with one attached hydrogen (secondary N) is 1. The molecule has 0 radical (unpaired) electrons. The number of hydrogen-bond donors (Lipinski definition) is 1. The van der Waals surface area contributed by atoms with E-state index in [1.165, 1.54) is 57.8 Å². The summed E-state index contributed by atoms with van der Waals surface area (Å²) in [5.41, 5.74) is 0.727. The van der Waals surface area contributed by atoms with Crippen molar-refractivity contribution in [2.45, 2.75) is 135 Å². The Kier molecular flexibility index (Phi) is 9.02. The average molecular weight is 667 g/mol. The van der Waals surface area contributed by atoms with Crippen molar-refractivity contribution in [2.24, 2.45) is 52.3 Å². The fourth-order valence-electron chi connectivity index (χ4n) is 13.6. The normalized spacial score (nSPS) is 48.4. The molecule has 0 aromatic heterocycles. The molecule has 1 N–H and O–H groups in total. The second kappa shape index (κ2) is 12.8. The SMILES string of the molecule is C[C@H]1CC[C@@]2(OC1)O[C@H]1C[C@H]3[C@@H]4CC[C@@H]5C[C@H](NC(=O)CC(=O)N6CCN(C7CCN(C)CC7)CC6)CC[C@]5(C)C4CC[C@]3(C)[C@H]1[C@@H]2C. The average Bonchev–Trinajstić information content (AvgIpc) is 3.52. The van der Waals surface area contributed by atoms with Crippen molar-refractivity contribution in [1.82, 2.24) is 20.0 Å². The first kappa shape index (κ1) is 33.9. The number of carbonyl (C=O) groups excluding carboxylic acids is 2. The Morgan fingerprint density at radius 2 is 1.56 bits per heavy atom. The van der Waals surface area contributed by atoms with E-state index in [0.717, 1.165) is 82.9 Å². The summed E-state index contributed by atoms with van der Waals surface area (Å²) in [4.78, 5) is 33.3. The van der Waals surface area contributed by atoms with E-state index in [0.29, 0.717) is 46.6 Å². The van der Waals surface area contributed by atoms with Crippen LogP contribution in [0.25, 0.3) is 0 Å². The van der Waals surface area contributed by atoms with Crippen molar-refractivity contribution in [3.05, 3.63) is 0 Å². The number of piperazine rings is 1. The molecular weight excluding hydrogens is 600 g/mol. The van der Waals surface area contributed by atoms with Gasteiger partial charge in [0.1, 0.15) is 6.42 Å².